The fraction of sp³-hybridized carbons (Fsp3) is 1.00. The highest BCUT2D eigenvalue weighted by atomic mass is 32.3. The lowest BCUT2D eigenvalue weighted by atomic mass is 10.1. The Kier molecular flexibility index (Phi) is 9.71. The fourth-order valence-corrected chi connectivity index (χ4v) is 7.15. The van der Waals surface area contributed by atoms with Crippen LogP contribution in [0.2, 0.25) is 0 Å². The van der Waals surface area contributed by atoms with Crippen molar-refractivity contribution in [2.75, 3.05) is 17.8 Å². The van der Waals surface area contributed by atoms with Gasteiger partial charge in [-0.3, -0.25) is 0 Å². The third-order valence-corrected chi connectivity index (χ3v) is 9.26. The Hall–Kier alpha value is -0.370. The molecule has 0 radical (unpaired) electrons. The lowest BCUT2D eigenvalue weighted by Crippen LogP contribution is -2.63. The molecule has 0 spiro atoms. The minimum absolute atomic E-state index is 0.110. The second-order valence-electron chi connectivity index (χ2n) is 6.69. The average molecular weight is 488 g/mol. The van der Waals surface area contributed by atoms with Crippen LogP contribution in [0.15, 0.2) is 0 Å². The molecule has 0 bridgehead atoms. The molecular weight excluding hydrogens is 463 g/mol. The SMILES string of the molecule is CCCCCS(C)(CCCCC)OS(=O)(=O)C(F)(F)C(F)(F)C(F)(F)C(F)(F)F. The van der Waals surface area contributed by atoms with Crippen LogP contribution in [0.3, 0.4) is 0 Å². The molecule has 0 saturated carbocycles. The monoisotopic (exact) mass is 488 g/mol. The van der Waals surface area contributed by atoms with Crippen LogP contribution >= 0.6 is 10.3 Å². The van der Waals surface area contributed by atoms with Gasteiger partial charge in [-0.25, -0.2) is 3.63 Å². The Morgan fingerprint density at radius 3 is 1.38 bits per heavy atom. The topological polar surface area (TPSA) is 43.4 Å². The molecule has 0 fully saturated rings. The van der Waals surface area contributed by atoms with Gasteiger partial charge < -0.3 is 0 Å². The Bertz CT molecular complexity index is 609. The molecule has 3 nitrogen and oxygen atoms in total. The standard InChI is InChI=1S/C15H25F9O3S2/c1-4-6-8-10-28(3,11-9-7-5-2)27-29(25,26)15(23,24)13(18,19)12(16,17)14(20,21)22/h4-11H2,1-3H3. The van der Waals surface area contributed by atoms with Crippen LogP contribution in [-0.2, 0) is 13.7 Å². The zero-order chi connectivity index (χ0) is 23.4. The third kappa shape index (κ3) is 6.31. The van der Waals surface area contributed by atoms with Gasteiger partial charge >= 0.3 is 33.4 Å². The summed E-state index contributed by atoms with van der Waals surface area (Å²) < 4.78 is 145. The fourth-order valence-electron chi connectivity index (χ4n) is 2.26. The van der Waals surface area contributed by atoms with E-state index in [9.17, 15) is 47.9 Å². The van der Waals surface area contributed by atoms with Crippen molar-refractivity contribution in [2.24, 2.45) is 0 Å². The van der Waals surface area contributed by atoms with Gasteiger partial charge in [0.2, 0.25) is 0 Å². The van der Waals surface area contributed by atoms with Crippen LogP contribution < -0.4 is 0 Å². The molecule has 0 aromatic rings. The van der Waals surface area contributed by atoms with E-state index >= 15 is 0 Å². The molecule has 0 heterocycles. The van der Waals surface area contributed by atoms with Crippen LogP contribution in [0.4, 0.5) is 39.5 Å². The molecule has 0 aromatic heterocycles. The van der Waals surface area contributed by atoms with E-state index in [0.717, 1.165) is 6.26 Å². The molecule has 0 amide bonds. The van der Waals surface area contributed by atoms with Crippen LogP contribution in [0.1, 0.15) is 52.4 Å². The number of alkyl halides is 9. The van der Waals surface area contributed by atoms with Gasteiger partial charge in [-0.2, -0.15) is 47.9 Å². The van der Waals surface area contributed by atoms with Crippen molar-refractivity contribution in [3.63, 3.8) is 0 Å². The summed E-state index contributed by atoms with van der Waals surface area (Å²) in [4.78, 5) is 0. The largest absolute Gasteiger partial charge is 0.460 e. The quantitative estimate of drug-likeness (QED) is 0.220. The van der Waals surface area contributed by atoms with Gasteiger partial charge in [-0.1, -0.05) is 39.5 Å². The second-order valence-corrected chi connectivity index (χ2v) is 11.8. The van der Waals surface area contributed by atoms with Gasteiger partial charge in [-0.05, 0) is 19.1 Å². The minimum atomic E-state index is -7.30. The van der Waals surface area contributed by atoms with Crippen LogP contribution in [0.5, 0.6) is 0 Å². The van der Waals surface area contributed by atoms with Gasteiger partial charge in [0, 0.05) is 11.5 Å². The Labute approximate surface area is 166 Å². The summed E-state index contributed by atoms with van der Waals surface area (Å²) in [7, 11) is -9.81. The molecule has 0 saturated heterocycles. The number of hydrogen-bond donors (Lipinski definition) is 0. The van der Waals surface area contributed by atoms with Crippen LogP contribution in [0, 0.1) is 0 Å². The van der Waals surface area contributed by atoms with E-state index in [4.69, 9.17) is 0 Å². The maximum atomic E-state index is 13.9. The molecule has 0 N–H and O–H groups in total. The molecule has 14 heteroatoms. The highest BCUT2D eigenvalue weighted by Gasteiger charge is 2.86. The Balaban J connectivity index is 5.94. The molecule has 29 heavy (non-hydrogen) atoms. The van der Waals surface area contributed by atoms with Crippen molar-refractivity contribution < 1.29 is 51.6 Å². The second kappa shape index (κ2) is 9.84. The first-order chi connectivity index (χ1) is 12.8. The molecular formula is C15H25F9O3S2. The van der Waals surface area contributed by atoms with Crippen molar-refractivity contribution in [2.45, 2.75) is 75.6 Å². The molecule has 0 rings (SSSR count). The van der Waals surface area contributed by atoms with Gasteiger partial charge in [0.1, 0.15) is 0 Å². The van der Waals surface area contributed by atoms with Gasteiger partial charge in [-0.15, -0.1) is 10.3 Å². The number of hydrogen-bond acceptors (Lipinski definition) is 3. The van der Waals surface area contributed by atoms with Crippen LogP contribution in [-0.4, -0.2) is 49.5 Å². The highest BCUT2D eigenvalue weighted by molar-refractivity contribution is 8.32. The van der Waals surface area contributed by atoms with Crippen LogP contribution in [0.25, 0.3) is 0 Å². The van der Waals surface area contributed by atoms with Gasteiger partial charge in [0.05, 0.1) is 0 Å². The van der Waals surface area contributed by atoms with Crippen molar-refractivity contribution in [1.29, 1.82) is 0 Å². The molecule has 178 valence electrons. The lowest BCUT2D eigenvalue weighted by Gasteiger charge is -2.38. The third-order valence-electron chi connectivity index (χ3n) is 4.04. The zero-order valence-corrected chi connectivity index (χ0v) is 17.7. The van der Waals surface area contributed by atoms with E-state index in [0.29, 0.717) is 25.7 Å². The van der Waals surface area contributed by atoms with E-state index in [1.54, 1.807) is 13.8 Å². The smallest absolute Gasteiger partial charge is 0.215 e. The summed E-state index contributed by atoms with van der Waals surface area (Å²) in [6, 6.07) is 0. The molecule has 0 unspecified atom stereocenters. The van der Waals surface area contributed by atoms with Crippen molar-refractivity contribution >= 4 is 20.4 Å². The Morgan fingerprint density at radius 1 is 0.690 bits per heavy atom. The van der Waals surface area contributed by atoms with E-state index < -0.39 is 43.7 Å². The first-order valence-corrected chi connectivity index (χ1v) is 12.4. The van der Waals surface area contributed by atoms with E-state index in [1.807, 2.05) is 0 Å². The van der Waals surface area contributed by atoms with Gasteiger partial charge in [0.15, 0.2) is 0 Å². The van der Waals surface area contributed by atoms with Crippen molar-refractivity contribution in [3.05, 3.63) is 0 Å². The van der Waals surface area contributed by atoms with E-state index in [-0.39, 0.29) is 24.3 Å². The maximum absolute atomic E-state index is 13.9. The first-order valence-electron chi connectivity index (χ1n) is 8.72. The van der Waals surface area contributed by atoms with E-state index in [1.165, 1.54) is 0 Å². The maximum Gasteiger partial charge on any atom is 0.460 e. The summed E-state index contributed by atoms with van der Waals surface area (Å²) in [5.74, 6) is -14.8. The van der Waals surface area contributed by atoms with E-state index in [2.05, 4.69) is 3.63 Å². The summed E-state index contributed by atoms with van der Waals surface area (Å²) in [6.07, 6.45) is -3.10. The molecule has 0 aliphatic heterocycles. The minimum Gasteiger partial charge on any atom is -0.215 e. The number of unbranched alkanes of at least 4 members (excludes halogenated alkanes) is 4. The number of halogens is 9. The normalized spacial score (nSPS) is 15.6. The summed E-state index contributed by atoms with van der Waals surface area (Å²) in [6.45, 7) is 3.55. The molecule has 0 aliphatic rings. The highest BCUT2D eigenvalue weighted by Crippen LogP contribution is 2.58. The zero-order valence-electron chi connectivity index (χ0n) is 16.1. The number of rotatable bonds is 13. The van der Waals surface area contributed by atoms with Crippen molar-refractivity contribution in [3.8, 4) is 0 Å². The molecule has 0 aromatic carbocycles. The van der Waals surface area contributed by atoms with Gasteiger partial charge in [0.25, 0.3) is 0 Å². The summed E-state index contributed by atoms with van der Waals surface area (Å²) in [5.41, 5.74) is 0. The molecule has 0 aliphatic carbocycles. The molecule has 0 atom stereocenters. The summed E-state index contributed by atoms with van der Waals surface area (Å²) in [5, 5.41) is -6.80. The first kappa shape index (κ1) is 28.6. The van der Waals surface area contributed by atoms with Crippen molar-refractivity contribution in [1.82, 2.24) is 0 Å². The lowest BCUT2D eigenvalue weighted by molar-refractivity contribution is -0.382. The Morgan fingerprint density at radius 2 is 1.07 bits per heavy atom. The summed E-state index contributed by atoms with van der Waals surface area (Å²) >= 11 is 0. The predicted octanol–water partition coefficient (Wildman–Crippen LogP) is 6.49. The predicted molar refractivity (Wildman–Crippen MR) is 93.2 cm³/mol. The average Bonchev–Trinajstić information content (AvgIpc) is 2.53.